The minimum absolute atomic E-state index is 0.0109. The van der Waals surface area contributed by atoms with Gasteiger partial charge in [0.2, 0.25) is 0 Å². The molecule has 1 amide bonds. The summed E-state index contributed by atoms with van der Waals surface area (Å²) in [5.74, 6) is -0.244. The Labute approximate surface area is 123 Å². The van der Waals surface area contributed by atoms with Crippen LogP contribution in [0.15, 0.2) is 41.0 Å². The molecule has 0 saturated carbocycles. The van der Waals surface area contributed by atoms with Gasteiger partial charge in [-0.1, -0.05) is 28.1 Å². The number of pyridine rings is 1. The van der Waals surface area contributed by atoms with E-state index in [4.69, 9.17) is 0 Å². The van der Waals surface area contributed by atoms with Crippen LogP contribution in [0.1, 0.15) is 15.9 Å². The van der Waals surface area contributed by atoms with Gasteiger partial charge in [0.1, 0.15) is 11.4 Å². The summed E-state index contributed by atoms with van der Waals surface area (Å²) in [5.41, 5.74) is 0.252. The van der Waals surface area contributed by atoms with Crippen molar-refractivity contribution in [1.29, 1.82) is 0 Å². The molecular weight excluding hydrogens is 326 g/mol. The van der Waals surface area contributed by atoms with Crippen molar-refractivity contribution in [1.82, 2.24) is 4.98 Å². The van der Waals surface area contributed by atoms with Gasteiger partial charge in [-0.15, -0.1) is 0 Å². The van der Waals surface area contributed by atoms with Crippen LogP contribution in [-0.4, -0.2) is 15.8 Å². The van der Waals surface area contributed by atoms with Crippen LogP contribution in [-0.2, 0) is 0 Å². The molecular formula is C13H10BrN3O3. The lowest BCUT2D eigenvalue weighted by atomic mass is 10.1. The van der Waals surface area contributed by atoms with Gasteiger partial charge >= 0.3 is 0 Å². The average Bonchev–Trinajstić information content (AvgIpc) is 2.37. The molecule has 0 spiro atoms. The molecule has 20 heavy (non-hydrogen) atoms. The van der Waals surface area contributed by atoms with Crippen molar-refractivity contribution in [3.05, 3.63) is 62.2 Å². The van der Waals surface area contributed by atoms with E-state index < -0.39 is 10.8 Å². The number of hydrogen-bond donors (Lipinski definition) is 1. The first kappa shape index (κ1) is 14.1. The molecule has 2 rings (SSSR count). The lowest BCUT2D eigenvalue weighted by Crippen LogP contribution is -2.15. The van der Waals surface area contributed by atoms with E-state index in [2.05, 4.69) is 26.2 Å². The fraction of sp³-hybridized carbons (Fsp3) is 0.0769. The van der Waals surface area contributed by atoms with Crippen LogP contribution in [0.2, 0.25) is 0 Å². The standard InChI is InChI=1S/C13H10BrN3O3/c1-8-3-2-4-10(12(8)17(19)20)13(18)16-11-7-9(14)5-6-15-11/h2-7H,1H3,(H,15,16,18). The number of halogens is 1. The fourth-order valence-electron chi connectivity index (χ4n) is 1.74. The maximum atomic E-state index is 12.1. The van der Waals surface area contributed by atoms with Gasteiger partial charge in [0, 0.05) is 16.2 Å². The van der Waals surface area contributed by atoms with E-state index in [1.807, 2.05) is 0 Å². The summed E-state index contributed by atoms with van der Waals surface area (Å²) >= 11 is 3.26. The first-order valence-corrected chi connectivity index (χ1v) is 6.45. The highest BCUT2D eigenvalue weighted by atomic mass is 79.9. The van der Waals surface area contributed by atoms with Crippen LogP contribution in [0.25, 0.3) is 0 Å². The third kappa shape index (κ3) is 3.00. The third-order valence-corrected chi connectivity index (χ3v) is 3.12. The Morgan fingerprint density at radius 1 is 1.40 bits per heavy atom. The molecule has 0 bridgehead atoms. The molecule has 0 atom stereocenters. The fourth-order valence-corrected chi connectivity index (χ4v) is 2.08. The zero-order chi connectivity index (χ0) is 14.7. The molecule has 6 nitrogen and oxygen atoms in total. The number of anilines is 1. The number of nitro benzene ring substituents is 1. The molecule has 102 valence electrons. The third-order valence-electron chi connectivity index (χ3n) is 2.63. The molecule has 0 aliphatic rings. The lowest BCUT2D eigenvalue weighted by Gasteiger charge is -2.06. The van der Waals surface area contributed by atoms with Gasteiger partial charge in [0.05, 0.1) is 4.92 Å². The SMILES string of the molecule is Cc1cccc(C(=O)Nc2cc(Br)ccn2)c1[N+](=O)[O-]. The molecule has 0 fully saturated rings. The first-order chi connectivity index (χ1) is 9.49. The number of carbonyl (C=O) groups excluding carboxylic acids is 1. The number of nitro groups is 1. The molecule has 1 aromatic carbocycles. The van der Waals surface area contributed by atoms with E-state index >= 15 is 0 Å². The van der Waals surface area contributed by atoms with Crippen LogP contribution in [0, 0.1) is 17.0 Å². The predicted molar refractivity (Wildman–Crippen MR) is 77.7 cm³/mol. The minimum atomic E-state index is -0.564. The van der Waals surface area contributed by atoms with Crippen LogP contribution in [0.4, 0.5) is 11.5 Å². The molecule has 1 N–H and O–H groups in total. The Bertz CT molecular complexity index is 688. The van der Waals surface area contributed by atoms with E-state index in [1.165, 1.54) is 12.3 Å². The summed E-state index contributed by atoms with van der Waals surface area (Å²) in [5, 5.41) is 13.6. The number of rotatable bonds is 3. The number of carbonyl (C=O) groups is 1. The van der Waals surface area contributed by atoms with E-state index in [9.17, 15) is 14.9 Å². The van der Waals surface area contributed by atoms with Gasteiger partial charge < -0.3 is 5.32 Å². The number of aromatic nitrogens is 1. The van der Waals surface area contributed by atoms with Crippen molar-refractivity contribution < 1.29 is 9.72 Å². The zero-order valence-electron chi connectivity index (χ0n) is 10.5. The van der Waals surface area contributed by atoms with Gasteiger partial charge in [-0.25, -0.2) is 4.98 Å². The van der Waals surface area contributed by atoms with E-state index in [0.717, 1.165) is 4.47 Å². The largest absolute Gasteiger partial charge is 0.306 e. The number of benzene rings is 1. The van der Waals surface area contributed by atoms with Crippen LogP contribution in [0.3, 0.4) is 0 Å². The highest BCUT2D eigenvalue weighted by Crippen LogP contribution is 2.24. The molecule has 0 unspecified atom stereocenters. The number of nitrogens with one attached hydrogen (secondary N) is 1. The van der Waals surface area contributed by atoms with Gasteiger partial charge in [-0.2, -0.15) is 0 Å². The molecule has 0 saturated heterocycles. The maximum absolute atomic E-state index is 12.1. The zero-order valence-corrected chi connectivity index (χ0v) is 12.0. The molecule has 2 aromatic rings. The van der Waals surface area contributed by atoms with Crippen molar-refractivity contribution in [3.8, 4) is 0 Å². The van der Waals surface area contributed by atoms with E-state index in [1.54, 1.807) is 31.2 Å². The number of amides is 1. The molecule has 1 aromatic heterocycles. The average molecular weight is 336 g/mol. The van der Waals surface area contributed by atoms with Gasteiger partial charge in [0.15, 0.2) is 0 Å². The number of aryl methyl sites for hydroxylation is 1. The van der Waals surface area contributed by atoms with Crippen molar-refractivity contribution in [3.63, 3.8) is 0 Å². The normalized spacial score (nSPS) is 10.1. The molecule has 7 heteroatoms. The lowest BCUT2D eigenvalue weighted by molar-refractivity contribution is -0.385. The minimum Gasteiger partial charge on any atom is -0.306 e. The van der Waals surface area contributed by atoms with Crippen LogP contribution in [0.5, 0.6) is 0 Å². The quantitative estimate of drug-likeness (QED) is 0.688. The Hall–Kier alpha value is -2.28. The highest BCUT2D eigenvalue weighted by Gasteiger charge is 2.22. The van der Waals surface area contributed by atoms with Crippen molar-refractivity contribution >= 4 is 33.3 Å². The second-order valence-corrected chi connectivity index (χ2v) is 4.96. The Morgan fingerprint density at radius 2 is 2.15 bits per heavy atom. The monoisotopic (exact) mass is 335 g/mol. The van der Waals surface area contributed by atoms with Crippen molar-refractivity contribution in [2.24, 2.45) is 0 Å². The van der Waals surface area contributed by atoms with Crippen molar-refractivity contribution in [2.45, 2.75) is 6.92 Å². The van der Waals surface area contributed by atoms with E-state index in [0.29, 0.717) is 11.4 Å². The van der Waals surface area contributed by atoms with Crippen LogP contribution >= 0.6 is 15.9 Å². The maximum Gasteiger partial charge on any atom is 0.285 e. The summed E-state index contributed by atoms with van der Waals surface area (Å²) in [7, 11) is 0. The Morgan fingerprint density at radius 3 is 2.80 bits per heavy atom. The predicted octanol–water partition coefficient (Wildman–Crippen LogP) is 3.31. The van der Waals surface area contributed by atoms with Gasteiger partial charge in [-0.05, 0) is 25.1 Å². The highest BCUT2D eigenvalue weighted by molar-refractivity contribution is 9.10. The summed E-state index contributed by atoms with van der Waals surface area (Å²) < 4.78 is 0.751. The smallest absolute Gasteiger partial charge is 0.285 e. The van der Waals surface area contributed by atoms with Gasteiger partial charge in [-0.3, -0.25) is 14.9 Å². The number of para-hydroxylation sites is 1. The Kier molecular flexibility index (Phi) is 4.09. The first-order valence-electron chi connectivity index (χ1n) is 5.66. The summed E-state index contributed by atoms with van der Waals surface area (Å²) in [6.45, 7) is 1.59. The molecule has 0 radical (unpaired) electrons. The Balaban J connectivity index is 2.35. The van der Waals surface area contributed by atoms with Crippen LogP contribution < -0.4 is 5.32 Å². The van der Waals surface area contributed by atoms with Crippen molar-refractivity contribution in [2.75, 3.05) is 5.32 Å². The second kappa shape index (κ2) is 5.79. The summed E-state index contributed by atoms with van der Waals surface area (Å²) in [4.78, 5) is 26.6. The summed E-state index contributed by atoms with van der Waals surface area (Å²) in [6, 6.07) is 7.93. The molecule has 1 heterocycles. The second-order valence-electron chi connectivity index (χ2n) is 4.04. The number of hydrogen-bond acceptors (Lipinski definition) is 4. The van der Waals surface area contributed by atoms with E-state index in [-0.39, 0.29) is 11.3 Å². The molecule has 0 aliphatic heterocycles. The summed E-state index contributed by atoms with van der Waals surface area (Å²) in [6.07, 6.45) is 1.52. The number of nitrogens with zero attached hydrogens (tertiary/aromatic N) is 2. The van der Waals surface area contributed by atoms with Gasteiger partial charge in [0.25, 0.3) is 11.6 Å². The topological polar surface area (TPSA) is 85.1 Å². The molecule has 0 aliphatic carbocycles.